The second-order valence-corrected chi connectivity index (χ2v) is 17.2. The van der Waals surface area contributed by atoms with E-state index in [1.54, 1.807) is 0 Å². The van der Waals surface area contributed by atoms with Gasteiger partial charge in [-0.2, -0.15) is 0 Å². The summed E-state index contributed by atoms with van der Waals surface area (Å²) in [5.41, 5.74) is 18.1. The Hall–Kier alpha value is -9.19. The molecule has 0 atom stereocenters. The van der Waals surface area contributed by atoms with E-state index in [-0.39, 0.29) is 0 Å². The van der Waals surface area contributed by atoms with Gasteiger partial charge in [-0.15, -0.1) is 0 Å². The Morgan fingerprint density at radius 3 is 1.59 bits per heavy atom. The van der Waals surface area contributed by atoms with Crippen LogP contribution in [-0.2, 0) is 0 Å². The zero-order chi connectivity index (χ0) is 45.0. The largest absolute Gasteiger partial charge is 0.309 e. The van der Waals surface area contributed by atoms with Crippen LogP contribution in [0.15, 0.2) is 249 Å². The minimum absolute atomic E-state index is 0.656. The van der Waals surface area contributed by atoms with Crippen molar-refractivity contribution in [3.63, 3.8) is 0 Å². The van der Waals surface area contributed by atoms with Gasteiger partial charge in [0.15, 0.2) is 5.82 Å². The van der Waals surface area contributed by atoms with Crippen molar-refractivity contribution < 1.29 is 0 Å². The lowest BCUT2D eigenvalue weighted by Crippen LogP contribution is -1.97. The van der Waals surface area contributed by atoms with Gasteiger partial charge in [0.2, 0.25) is 0 Å². The van der Waals surface area contributed by atoms with Crippen LogP contribution in [0.3, 0.4) is 0 Å². The molecule has 9 aromatic carbocycles. The van der Waals surface area contributed by atoms with Crippen molar-refractivity contribution in [1.82, 2.24) is 24.1 Å². The molecule has 0 bridgehead atoms. The highest BCUT2D eigenvalue weighted by molar-refractivity contribution is 6.17. The van der Waals surface area contributed by atoms with Crippen molar-refractivity contribution in [3.05, 3.63) is 249 Å². The first kappa shape index (κ1) is 39.2. The number of rotatable bonds is 8. The molecule has 13 rings (SSSR count). The number of hydrogen-bond acceptors (Lipinski definition) is 3. The lowest BCUT2D eigenvalue weighted by molar-refractivity contribution is 1.16. The molecule has 0 saturated heterocycles. The maximum Gasteiger partial charge on any atom is 0.160 e. The molecule has 0 saturated carbocycles. The number of para-hydroxylation sites is 5. The Morgan fingerprint density at radius 2 is 0.824 bits per heavy atom. The highest BCUT2D eigenvalue weighted by Crippen LogP contribution is 2.44. The average molecular weight is 868 g/mol. The van der Waals surface area contributed by atoms with Gasteiger partial charge in [0.05, 0.1) is 39.1 Å². The van der Waals surface area contributed by atoms with Crippen LogP contribution < -0.4 is 0 Å². The van der Waals surface area contributed by atoms with E-state index < -0.39 is 0 Å². The quantitative estimate of drug-likeness (QED) is 0.153. The zero-order valence-electron chi connectivity index (χ0n) is 36.9. The number of nitrogens with zero attached hydrogens (tertiary/aromatic N) is 5. The summed E-state index contributed by atoms with van der Waals surface area (Å²) >= 11 is 0. The number of fused-ring (bicyclic) bond motifs is 6. The van der Waals surface area contributed by atoms with Crippen molar-refractivity contribution in [2.24, 2.45) is 0 Å². The van der Waals surface area contributed by atoms with E-state index in [2.05, 4.69) is 220 Å². The van der Waals surface area contributed by atoms with Gasteiger partial charge in [0, 0.05) is 55.8 Å². The molecular weight excluding hydrogens is 827 g/mol. The first-order valence-electron chi connectivity index (χ1n) is 23.0. The maximum absolute atomic E-state index is 5.20. The number of benzene rings is 9. The van der Waals surface area contributed by atoms with E-state index in [0.29, 0.717) is 5.82 Å². The molecule has 0 spiro atoms. The third kappa shape index (κ3) is 6.68. The lowest BCUT2D eigenvalue weighted by Gasteiger charge is -2.16. The Balaban J connectivity index is 1.07. The van der Waals surface area contributed by atoms with Gasteiger partial charge < -0.3 is 9.13 Å². The third-order valence-corrected chi connectivity index (χ3v) is 13.2. The topological polar surface area (TPSA) is 48.5 Å². The van der Waals surface area contributed by atoms with Gasteiger partial charge in [0.1, 0.15) is 0 Å². The van der Waals surface area contributed by atoms with Gasteiger partial charge in [0.25, 0.3) is 0 Å². The van der Waals surface area contributed by atoms with Gasteiger partial charge in [-0.05, 0) is 113 Å². The molecule has 0 fully saturated rings. The summed E-state index contributed by atoms with van der Waals surface area (Å²) in [4.78, 5) is 14.9. The molecule has 0 aliphatic heterocycles. The number of aromatic nitrogens is 5. The minimum atomic E-state index is 0.656. The van der Waals surface area contributed by atoms with E-state index in [9.17, 15) is 0 Å². The van der Waals surface area contributed by atoms with Crippen LogP contribution in [0, 0.1) is 0 Å². The zero-order valence-corrected chi connectivity index (χ0v) is 36.9. The molecule has 68 heavy (non-hydrogen) atoms. The van der Waals surface area contributed by atoms with E-state index in [0.717, 1.165) is 72.9 Å². The Kier molecular flexibility index (Phi) is 9.43. The molecule has 4 heterocycles. The van der Waals surface area contributed by atoms with Gasteiger partial charge in [-0.25, -0.2) is 9.97 Å². The van der Waals surface area contributed by atoms with Crippen LogP contribution in [0.1, 0.15) is 0 Å². The maximum atomic E-state index is 5.20. The monoisotopic (exact) mass is 867 g/mol. The van der Waals surface area contributed by atoms with Crippen molar-refractivity contribution in [1.29, 1.82) is 0 Å². The van der Waals surface area contributed by atoms with E-state index in [1.807, 2.05) is 42.6 Å². The highest BCUT2D eigenvalue weighted by Gasteiger charge is 2.21. The summed E-state index contributed by atoms with van der Waals surface area (Å²) in [6.07, 6.45) is 1.81. The second kappa shape index (κ2) is 16.4. The molecule has 0 radical (unpaired) electrons. The first-order valence-corrected chi connectivity index (χ1v) is 23.0. The molecule has 318 valence electrons. The predicted octanol–water partition coefficient (Wildman–Crippen LogP) is 16.1. The van der Waals surface area contributed by atoms with Crippen molar-refractivity contribution in [3.8, 4) is 78.8 Å². The van der Waals surface area contributed by atoms with Crippen LogP contribution in [-0.4, -0.2) is 24.1 Å². The fraction of sp³-hybridized carbons (Fsp3) is 0. The standard InChI is InChI=1S/C63H41N5/c1-4-19-42(20-5-1)63-65-56(41-57(66-63)55-32-14-15-36-64-55)44-22-16-21-43(37-44)45-38-46(50-29-18-35-60-61(50)54-28-11-13-34-59(54)67(60)48-23-6-2-7-24-48)40-47(39-45)51-30-17-31-53-52-27-10-12-33-58(52)68(62(51)53)49-25-8-3-9-26-49/h1-41H. The first-order chi connectivity index (χ1) is 33.7. The third-order valence-electron chi connectivity index (χ3n) is 13.2. The summed E-state index contributed by atoms with van der Waals surface area (Å²) in [7, 11) is 0. The highest BCUT2D eigenvalue weighted by atomic mass is 15.0. The minimum Gasteiger partial charge on any atom is -0.309 e. The molecule has 0 aliphatic rings. The SMILES string of the molecule is c1ccc(-c2nc(-c3cccc(-c4cc(-c5cccc6c5c5ccccc5n6-c5ccccc5)cc(-c5cccc6c7ccccc7n(-c7ccccc7)c56)c4)c3)cc(-c3ccccn3)n2)cc1. The predicted molar refractivity (Wildman–Crippen MR) is 281 cm³/mol. The van der Waals surface area contributed by atoms with Crippen LogP contribution in [0.2, 0.25) is 0 Å². The molecule has 0 N–H and O–H groups in total. The van der Waals surface area contributed by atoms with Gasteiger partial charge >= 0.3 is 0 Å². The van der Waals surface area contributed by atoms with Crippen LogP contribution in [0.4, 0.5) is 0 Å². The number of pyridine rings is 1. The summed E-state index contributed by atoms with van der Waals surface area (Å²) < 4.78 is 4.83. The molecular formula is C63H41N5. The average Bonchev–Trinajstić information content (AvgIpc) is 3.95. The molecule has 5 heteroatoms. The summed E-state index contributed by atoms with van der Waals surface area (Å²) in [5, 5.41) is 4.87. The van der Waals surface area contributed by atoms with Crippen molar-refractivity contribution >= 4 is 43.6 Å². The molecule has 13 aromatic rings. The second-order valence-electron chi connectivity index (χ2n) is 17.2. The van der Waals surface area contributed by atoms with Gasteiger partial charge in [-0.1, -0.05) is 158 Å². The van der Waals surface area contributed by atoms with Gasteiger partial charge in [-0.3, -0.25) is 4.98 Å². The Bertz CT molecular complexity index is 3950. The summed E-state index contributed by atoms with van der Waals surface area (Å²) in [6.45, 7) is 0. The Labute approximate surface area is 393 Å². The Morgan fingerprint density at radius 1 is 0.294 bits per heavy atom. The molecule has 0 amide bonds. The summed E-state index contributed by atoms with van der Waals surface area (Å²) in [5.74, 6) is 0.656. The number of hydrogen-bond donors (Lipinski definition) is 0. The normalized spacial score (nSPS) is 11.5. The van der Waals surface area contributed by atoms with Crippen LogP contribution >= 0.6 is 0 Å². The van der Waals surface area contributed by atoms with Crippen LogP contribution in [0.25, 0.3) is 122 Å². The van der Waals surface area contributed by atoms with E-state index in [4.69, 9.17) is 9.97 Å². The fourth-order valence-electron chi connectivity index (χ4n) is 10.1. The van der Waals surface area contributed by atoms with Crippen molar-refractivity contribution in [2.45, 2.75) is 0 Å². The molecule has 0 unspecified atom stereocenters. The smallest absolute Gasteiger partial charge is 0.160 e. The summed E-state index contributed by atoms with van der Waals surface area (Å²) in [6, 6.07) is 86.5. The molecule has 5 nitrogen and oxygen atoms in total. The molecule has 4 aromatic heterocycles. The fourth-order valence-corrected chi connectivity index (χ4v) is 10.1. The van der Waals surface area contributed by atoms with Crippen LogP contribution in [0.5, 0.6) is 0 Å². The van der Waals surface area contributed by atoms with Crippen molar-refractivity contribution in [2.75, 3.05) is 0 Å². The lowest BCUT2D eigenvalue weighted by atomic mass is 9.90. The molecule has 0 aliphatic carbocycles. The van der Waals surface area contributed by atoms with E-state index in [1.165, 1.54) is 43.7 Å². The van der Waals surface area contributed by atoms with E-state index >= 15 is 0 Å².